The van der Waals surface area contributed by atoms with Crippen LogP contribution in [0.25, 0.3) is 11.3 Å². The Bertz CT molecular complexity index is 396. The molecule has 0 N–H and O–H groups in total. The summed E-state index contributed by atoms with van der Waals surface area (Å²) in [6.07, 6.45) is 0. The van der Waals surface area contributed by atoms with Gasteiger partial charge in [0.1, 0.15) is 11.5 Å². The molecule has 2 aromatic rings. The van der Waals surface area contributed by atoms with Gasteiger partial charge in [-0.1, -0.05) is 57.5 Å². The molecule has 1 aromatic heterocycles. The zero-order valence-corrected chi connectivity index (χ0v) is 11.9. The van der Waals surface area contributed by atoms with Gasteiger partial charge in [-0.25, -0.2) is 0 Å². The first-order valence-electron chi connectivity index (χ1n) is 6.39. The predicted molar refractivity (Wildman–Crippen MR) is 76.3 cm³/mol. The molecule has 0 aliphatic heterocycles. The lowest BCUT2D eigenvalue weighted by atomic mass is 10.1. The van der Waals surface area contributed by atoms with Gasteiger partial charge in [0.25, 0.3) is 0 Å². The van der Waals surface area contributed by atoms with E-state index in [1.165, 1.54) is 5.56 Å². The van der Waals surface area contributed by atoms with Crippen molar-refractivity contribution in [2.24, 2.45) is 0 Å². The van der Waals surface area contributed by atoms with Crippen molar-refractivity contribution in [3.8, 4) is 11.3 Å². The van der Waals surface area contributed by atoms with Gasteiger partial charge in [0.05, 0.1) is 0 Å². The molecule has 0 bridgehead atoms. The third-order valence-electron chi connectivity index (χ3n) is 2.08. The minimum Gasteiger partial charge on any atom is -0.461 e. The summed E-state index contributed by atoms with van der Waals surface area (Å²) < 4.78 is 5.51. The summed E-state index contributed by atoms with van der Waals surface area (Å²) in [6, 6.07) is 12.3. The van der Waals surface area contributed by atoms with Crippen molar-refractivity contribution in [1.82, 2.24) is 0 Å². The Hall–Kier alpha value is -1.50. The molecule has 0 radical (unpaired) electrons. The van der Waals surface area contributed by atoms with Gasteiger partial charge in [-0.15, -0.1) is 0 Å². The fourth-order valence-corrected chi connectivity index (χ4v) is 1.31. The quantitative estimate of drug-likeness (QED) is 0.622. The van der Waals surface area contributed by atoms with E-state index in [0.717, 1.165) is 17.1 Å². The zero-order valence-electron chi connectivity index (χ0n) is 11.9. The molecule has 2 rings (SSSR count). The van der Waals surface area contributed by atoms with Crippen molar-refractivity contribution in [3.63, 3.8) is 0 Å². The van der Waals surface area contributed by atoms with E-state index in [0.29, 0.717) is 0 Å². The lowest BCUT2D eigenvalue weighted by molar-refractivity contribution is 0.548. The van der Waals surface area contributed by atoms with Crippen LogP contribution in [0.15, 0.2) is 40.8 Å². The van der Waals surface area contributed by atoms with Crippen molar-refractivity contribution in [3.05, 3.63) is 47.7 Å². The van der Waals surface area contributed by atoms with Crippen LogP contribution in [0.4, 0.5) is 0 Å². The first-order chi connectivity index (χ1) is 8.25. The van der Waals surface area contributed by atoms with Crippen LogP contribution in [0.5, 0.6) is 0 Å². The standard InChI is InChI=1S/C12H12O.2C2H6/c1-9-3-6-11(7-4-9)12-8-5-10(2)13-12;2*1-2/h3-8H,1-2H3;2*1-2H3. The third-order valence-corrected chi connectivity index (χ3v) is 2.08. The van der Waals surface area contributed by atoms with Gasteiger partial charge in [0, 0.05) is 5.56 Å². The van der Waals surface area contributed by atoms with Gasteiger partial charge in [0.15, 0.2) is 0 Å². The van der Waals surface area contributed by atoms with Crippen LogP contribution >= 0.6 is 0 Å². The second-order valence-electron chi connectivity index (χ2n) is 3.28. The summed E-state index contributed by atoms with van der Waals surface area (Å²) in [5.41, 5.74) is 2.41. The SMILES string of the molecule is CC.CC.Cc1ccc(-c2ccc(C)o2)cc1. The fourth-order valence-electron chi connectivity index (χ4n) is 1.31. The number of hydrogen-bond donors (Lipinski definition) is 0. The molecule has 1 aromatic carbocycles. The Balaban J connectivity index is 0.000000581. The fraction of sp³-hybridized carbons (Fsp3) is 0.375. The van der Waals surface area contributed by atoms with E-state index in [4.69, 9.17) is 4.42 Å². The number of hydrogen-bond acceptors (Lipinski definition) is 1. The van der Waals surface area contributed by atoms with Crippen LogP contribution in [-0.2, 0) is 0 Å². The first-order valence-corrected chi connectivity index (χ1v) is 6.39. The second-order valence-corrected chi connectivity index (χ2v) is 3.28. The molecule has 0 atom stereocenters. The summed E-state index contributed by atoms with van der Waals surface area (Å²) in [4.78, 5) is 0. The van der Waals surface area contributed by atoms with Crippen LogP contribution in [0.1, 0.15) is 39.0 Å². The lowest BCUT2D eigenvalue weighted by Gasteiger charge is -1.96. The molecule has 0 unspecified atom stereocenters. The number of furan rings is 1. The zero-order chi connectivity index (χ0) is 13.3. The Morgan fingerprint density at radius 3 is 1.65 bits per heavy atom. The third kappa shape index (κ3) is 4.90. The van der Waals surface area contributed by atoms with Crippen molar-refractivity contribution < 1.29 is 4.42 Å². The van der Waals surface area contributed by atoms with E-state index in [2.05, 4.69) is 31.2 Å². The van der Waals surface area contributed by atoms with E-state index in [9.17, 15) is 0 Å². The van der Waals surface area contributed by atoms with Gasteiger partial charge < -0.3 is 4.42 Å². The number of aryl methyl sites for hydroxylation is 2. The predicted octanol–water partition coefficient (Wildman–Crippen LogP) is 5.62. The van der Waals surface area contributed by atoms with Crippen LogP contribution in [0.3, 0.4) is 0 Å². The smallest absolute Gasteiger partial charge is 0.134 e. The molecule has 0 fully saturated rings. The van der Waals surface area contributed by atoms with Crippen molar-refractivity contribution in [2.45, 2.75) is 41.5 Å². The Morgan fingerprint density at radius 2 is 1.24 bits per heavy atom. The topological polar surface area (TPSA) is 13.1 Å². The maximum atomic E-state index is 5.51. The molecule has 0 amide bonds. The molecular weight excluding hydrogens is 208 g/mol. The Morgan fingerprint density at radius 1 is 0.706 bits per heavy atom. The first kappa shape index (κ1) is 15.5. The maximum Gasteiger partial charge on any atom is 0.134 e. The number of benzene rings is 1. The van der Waals surface area contributed by atoms with Crippen LogP contribution in [0, 0.1) is 13.8 Å². The van der Waals surface area contributed by atoms with Gasteiger partial charge >= 0.3 is 0 Å². The second kappa shape index (κ2) is 8.63. The molecule has 1 nitrogen and oxygen atoms in total. The molecule has 0 spiro atoms. The lowest BCUT2D eigenvalue weighted by Crippen LogP contribution is -1.74. The average Bonchev–Trinajstić information content (AvgIpc) is 2.82. The van der Waals surface area contributed by atoms with E-state index >= 15 is 0 Å². The van der Waals surface area contributed by atoms with Gasteiger partial charge in [-0.3, -0.25) is 0 Å². The summed E-state index contributed by atoms with van der Waals surface area (Å²) in [7, 11) is 0. The Kier molecular flexibility index (Phi) is 7.87. The van der Waals surface area contributed by atoms with Crippen molar-refractivity contribution >= 4 is 0 Å². The molecule has 94 valence electrons. The van der Waals surface area contributed by atoms with Crippen molar-refractivity contribution in [2.75, 3.05) is 0 Å². The van der Waals surface area contributed by atoms with Crippen LogP contribution < -0.4 is 0 Å². The van der Waals surface area contributed by atoms with E-state index in [-0.39, 0.29) is 0 Å². The molecule has 0 saturated heterocycles. The summed E-state index contributed by atoms with van der Waals surface area (Å²) in [6.45, 7) is 12.0. The van der Waals surface area contributed by atoms with E-state index in [1.807, 2.05) is 46.8 Å². The van der Waals surface area contributed by atoms with Gasteiger partial charge in [-0.05, 0) is 26.0 Å². The van der Waals surface area contributed by atoms with Crippen LogP contribution in [0.2, 0.25) is 0 Å². The molecule has 0 aliphatic rings. The molecule has 17 heavy (non-hydrogen) atoms. The van der Waals surface area contributed by atoms with Crippen molar-refractivity contribution in [1.29, 1.82) is 0 Å². The monoisotopic (exact) mass is 232 g/mol. The minimum atomic E-state index is 0.942. The molecule has 1 heterocycles. The van der Waals surface area contributed by atoms with Gasteiger partial charge in [-0.2, -0.15) is 0 Å². The van der Waals surface area contributed by atoms with Gasteiger partial charge in [0.2, 0.25) is 0 Å². The molecular formula is C16H24O. The number of rotatable bonds is 1. The summed E-state index contributed by atoms with van der Waals surface area (Å²) in [5, 5.41) is 0. The molecule has 1 heteroatoms. The highest BCUT2D eigenvalue weighted by atomic mass is 16.3. The highest BCUT2D eigenvalue weighted by Crippen LogP contribution is 2.21. The highest BCUT2D eigenvalue weighted by molar-refractivity contribution is 5.57. The summed E-state index contributed by atoms with van der Waals surface area (Å²) >= 11 is 0. The Labute approximate surface area is 105 Å². The summed E-state index contributed by atoms with van der Waals surface area (Å²) in [5.74, 6) is 1.90. The van der Waals surface area contributed by atoms with E-state index in [1.54, 1.807) is 0 Å². The molecule has 0 saturated carbocycles. The molecule has 0 aliphatic carbocycles. The van der Waals surface area contributed by atoms with E-state index < -0.39 is 0 Å². The largest absolute Gasteiger partial charge is 0.461 e. The highest BCUT2D eigenvalue weighted by Gasteiger charge is 2.00. The van der Waals surface area contributed by atoms with Crippen LogP contribution in [-0.4, -0.2) is 0 Å². The average molecular weight is 232 g/mol. The minimum absolute atomic E-state index is 0.942. The normalized spacial score (nSPS) is 8.59. The maximum absolute atomic E-state index is 5.51.